The van der Waals surface area contributed by atoms with Crippen LogP contribution < -0.4 is 16.4 Å². The van der Waals surface area contributed by atoms with Crippen molar-refractivity contribution in [2.24, 2.45) is 5.92 Å². The number of nitrogens with zero attached hydrogens (tertiary/aromatic N) is 2. The normalized spacial score (nSPS) is 14.8. The average molecular weight is 384 g/mol. The molecule has 28 heavy (non-hydrogen) atoms. The van der Waals surface area contributed by atoms with Crippen LogP contribution in [0.15, 0.2) is 29.1 Å². The van der Waals surface area contributed by atoms with E-state index in [2.05, 4.69) is 22.9 Å². The van der Waals surface area contributed by atoms with Gasteiger partial charge >= 0.3 is 0 Å². The van der Waals surface area contributed by atoms with Crippen molar-refractivity contribution in [3.63, 3.8) is 0 Å². The van der Waals surface area contributed by atoms with Gasteiger partial charge in [-0.25, -0.2) is 4.68 Å². The van der Waals surface area contributed by atoms with Crippen LogP contribution in [0.4, 0.5) is 0 Å². The second kappa shape index (κ2) is 9.48. The molecule has 1 aromatic carbocycles. The van der Waals surface area contributed by atoms with E-state index in [4.69, 9.17) is 0 Å². The molecule has 1 aliphatic carbocycles. The number of fused-ring (bicyclic) bond motifs is 1. The fraction of sp³-hybridized carbons (Fsp3) is 0.524. The Kier molecular flexibility index (Phi) is 6.79. The molecule has 0 unspecified atom stereocenters. The molecule has 1 saturated carbocycles. The number of nitrogens with one attached hydrogen (secondary N) is 2. The van der Waals surface area contributed by atoms with E-state index < -0.39 is 5.91 Å². The number of carbonyl (C=O) groups is 2. The third kappa shape index (κ3) is 4.58. The van der Waals surface area contributed by atoms with Crippen LogP contribution in [0.25, 0.3) is 10.8 Å². The van der Waals surface area contributed by atoms with E-state index in [1.807, 2.05) is 0 Å². The molecular weight excluding hydrogens is 356 g/mol. The summed E-state index contributed by atoms with van der Waals surface area (Å²) in [7, 11) is 0. The fourth-order valence-electron chi connectivity index (χ4n) is 3.71. The smallest absolute Gasteiger partial charge is 0.273 e. The molecule has 0 aliphatic heterocycles. The highest BCUT2D eigenvalue weighted by atomic mass is 16.2. The largest absolute Gasteiger partial charge is 0.290 e. The number of aromatic nitrogens is 2. The monoisotopic (exact) mass is 384 g/mol. The van der Waals surface area contributed by atoms with Gasteiger partial charge < -0.3 is 0 Å². The second-order valence-corrected chi connectivity index (χ2v) is 7.41. The van der Waals surface area contributed by atoms with Crippen LogP contribution in [0.5, 0.6) is 0 Å². The quantitative estimate of drug-likeness (QED) is 0.591. The van der Waals surface area contributed by atoms with Gasteiger partial charge in [0.05, 0.1) is 5.39 Å². The summed E-state index contributed by atoms with van der Waals surface area (Å²) in [5.74, 6) is -0.722. The number of benzene rings is 1. The van der Waals surface area contributed by atoms with E-state index in [-0.39, 0.29) is 23.1 Å². The number of aryl methyl sites for hydroxylation is 1. The Hall–Kier alpha value is -2.70. The molecule has 0 radical (unpaired) electrons. The molecule has 3 rings (SSSR count). The van der Waals surface area contributed by atoms with Crippen molar-refractivity contribution in [1.29, 1.82) is 0 Å². The van der Waals surface area contributed by atoms with Crippen molar-refractivity contribution in [3.05, 3.63) is 40.3 Å². The Morgan fingerprint density at radius 1 is 1.07 bits per heavy atom. The molecule has 0 saturated heterocycles. The van der Waals surface area contributed by atoms with Crippen molar-refractivity contribution in [1.82, 2.24) is 20.6 Å². The maximum Gasteiger partial charge on any atom is 0.290 e. The van der Waals surface area contributed by atoms with Gasteiger partial charge in [-0.05, 0) is 25.3 Å². The summed E-state index contributed by atoms with van der Waals surface area (Å²) >= 11 is 0. The fourth-order valence-corrected chi connectivity index (χ4v) is 3.71. The molecular formula is C21H28N4O3. The summed E-state index contributed by atoms with van der Waals surface area (Å²) in [4.78, 5) is 37.7. The molecule has 0 atom stereocenters. The van der Waals surface area contributed by atoms with Gasteiger partial charge in [-0.15, -0.1) is 0 Å². The molecule has 0 bridgehead atoms. The van der Waals surface area contributed by atoms with Gasteiger partial charge in [-0.3, -0.25) is 25.2 Å². The first-order valence-corrected chi connectivity index (χ1v) is 10.2. The van der Waals surface area contributed by atoms with Gasteiger partial charge in [-0.1, -0.05) is 57.2 Å². The lowest BCUT2D eigenvalue weighted by molar-refractivity contribution is -0.126. The first-order chi connectivity index (χ1) is 13.6. The number of unbranched alkanes of at least 4 members (excludes halogenated alkanes) is 2. The summed E-state index contributed by atoms with van der Waals surface area (Å²) in [5, 5.41) is 5.25. The maximum absolute atomic E-state index is 12.7. The van der Waals surface area contributed by atoms with Crippen LogP contribution in [-0.4, -0.2) is 21.6 Å². The molecule has 1 aromatic heterocycles. The van der Waals surface area contributed by atoms with Crippen molar-refractivity contribution in [2.45, 2.75) is 64.8 Å². The average Bonchev–Trinajstić information content (AvgIpc) is 2.74. The highest BCUT2D eigenvalue weighted by Crippen LogP contribution is 2.23. The minimum absolute atomic E-state index is 0.0539. The Morgan fingerprint density at radius 3 is 2.50 bits per heavy atom. The molecule has 2 amide bonds. The Morgan fingerprint density at radius 2 is 1.79 bits per heavy atom. The zero-order valence-corrected chi connectivity index (χ0v) is 16.4. The van der Waals surface area contributed by atoms with Crippen molar-refractivity contribution >= 4 is 22.6 Å². The predicted molar refractivity (Wildman–Crippen MR) is 108 cm³/mol. The van der Waals surface area contributed by atoms with Gasteiger partial charge in [0.1, 0.15) is 0 Å². The molecule has 1 aliphatic rings. The van der Waals surface area contributed by atoms with Crippen LogP contribution in [0.2, 0.25) is 0 Å². The highest BCUT2D eigenvalue weighted by Gasteiger charge is 2.22. The van der Waals surface area contributed by atoms with Gasteiger partial charge in [-0.2, -0.15) is 5.10 Å². The van der Waals surface area contributed by atoms with Crippen LogP contribution >= 0.6 is 0 Å². The van der Waals surface area contributed by atoms with Gasteiger partial charge in [0, 0.05) is 17.8 Å². The Bertz CT molecular complexity index is 900. The predicted octanol–water partition coefficient (Wildman–Crippen LogP) is 2.93. The van der Waals surface area contributed by atoms with E-state index >= 15 is 0 Å². The first kappa shape index (κ1) is 20.0. The number of hydrogen-bond acceptors (Lipinski definition) is 4. The van der Waals surface area contributed by atoms with Gasteiger partial charge in [0.2, 0.25) is 5.91 Å². The lowest BCUT2D eigenvalue weighted by atomic mass is 9.89. The summed E-state index contributed by atoms with van der Waals surface area (Å²) in [5.41, 5.74) is 4.97. The zero-order valence-electron chi connectivity index (χ0n) is 16.4. The number of hydrogen-bond donors (Lipinski definition) is 2. The van der Waals surface area contributed by atoms with Crippen LogP contribution in [-0.2, 0) is 11.3 Å². The molecule has 150 valence electrons. The Balaban J connectivity index is 1.80. The van der Waals surface area contributed by atoms with Crippen LogP contribution in [0.1, 0.15) is 68.8 Å². The lowest BCUT2D eigenvalue weighted by Gasteiger charge is -2.20. The molecule has 7 nitrogen and oxygen atoms in total. The zero-order chi connectivity index (χ0) is 19.9. The lowest BCUT2D eigenvalue weighted by Crippen LogP contribution is -2.45. The third-order valence-corrected chi connectivity index (χ3v) is 5.33. The van der Waals surface area contributed by atoms with Crippen LogP contribution in [0.3, 0.4) is 0 Å². The highest BCUT2D eigenvalue weighted by molar-refractivity contribution is 6.05. The second-order valence-electron chi connectivity index (χ2n) is 7.41. The first-order valence-electron chi connectivity index (χ1n) is 10.2. The van der Waals surface area contributed by atoms with Gasteiger partial charge in [0.15, 0.2) is 5.69 Å². The molecule has 7 heteroatoms. The summed E-state index contributed by atoms with van der Waals surface area (Å²) < 4.78 is 1.36. The van der Waals surface area contributed by atoms with Gasteiger partial charge in [0.25, 0.3) is 11.5 Å². The van der Waals surface area contributed by atoms with E-state index in [0.29, 0.717) is 17.3 Å². The Labute approximate surface area is 164 Å². The topological polar surface area (TPSA) is 93.1 Å². The maximum atomic E-state index is 12.7. The summed E-state index contributed by atoms with van der Waals surface area (Å²) in [6.07, 6.45) is 7.79. The summed E-state index contributed by atoms with van der Waals surface area (Å²) in [6, 6.07) is 6.94. The number of carbonyl (C=O) groups excluding carboxylic acids is 2. The number of amides is 2. The molecule has 1 fully saturated rings. The van der Waals surface area contributed by atoms with E-state index in [9.17, 15) is 14.4 Å². The summed E-state index contributed by atoms with van der Waals surface area (Å²) in [6.45, 7) is 2.55. The van der Waals surface area contributed by atoms with Crippen molar-refractivity contribution in [2.75, 3.05) is 0 Å². The minimum atomic E-state index is -0.510. The SMILES string of the molecule is CCCCCn1nc(C(=O)NNC(=O)C2CCCCC2)c2ccccc2c1=O. The molecule has 2 aromatic rings. The van der Waals surface area contributed by atoms with E-state index in [1.54, 1.807) is 24.3 Å². The van der Waals surface area contributed by atoms with E-state index in [1.165, 1.54) is 4.68 Å². The van der Waals surface area contributed by atoms with Crippen molar-refractivity contribution < 1.29 is 9.59 Å². The van der Waals surface area contributed by atoms with Crippen LogP contribution in [0, 0.1) is 5.92 Å². The van der Waals surface area contributed by atoms with Crippen molar-refractivity contribution in [3.8, 4) is 0 Å². The molecule has 0 spiro atoms. The number of hydrazine groups is 1. The number of rotatable bonds is 6. The minimum Gasteiger partial charge on any atom is -0.273 e. The standard InChI is InChI=1S/C21H28N4O3/c1-2-3-9-14-25-21(28)17-13-8-7-12-16(17)18(24-25)20(27)23-22-19(26)15-10-5-4-6-11-15/h7-8,12-13,15H,2-6,9-11,14H2,1H3,(H,22,26)(H,23,27). The molecule has 2 N–H and O–H groups in total. The van der Waals surface area contributed by atoms with E-state index in [0.717, 1.165) is 51.4 Å². The third-order valence-electron chi connectivity index (χ3n) is 5.33. The molecule has 1 heterocycles.